The van der Waals surface area contributed by atoms with Gasteiger partial charge in [0.15, 0.2) is 0 Å². The predicted octanol–water partition coefficient (Wildman–Crippen LogP) is 2.97. The molecule has 0 spiro atoms. The second-order valence-electron chi connectivity index (χ2n) is 4.87. The first-order valence-electron chi connectivity index (χ1n) is 6.95. The van der Waals surface area contributed by atoms with Gasteiger partial charge in [0, 0.05) is 23.6 Å². The third-order valence-electron chi connectivity index (χ3n) is 3.35. The van der Waals surface area contributed by atoms with Crippen LogP contribution in [-0.2, 0) is 9.53 Å². The maximum Gasteiger partial charge on any atom is 0.223 e. The highest BCUT2D eigenvalue weighted by Gasteiger charge is 2.20. The van der Waals surface area contributed by atoms with Gasteiger partial charge in [-0.25, -0.2) is 0 Å². The number of nitrogens with one attached hydrogen (secondary N) is 1. The van der Waals surface area contributed by atoms with Gasteiger partial charge in [-0.2, -0.15) is 0 Å². The molecule has 1 aromatic carbocycles. The lowest BCUT2D eigenvalue weighted by molar-refractivity contribution is -0.123. The van der Waals surface area contributed by atoms with Crippen LogP contribution in [0.1, 0.15) is 22.9 Å². The standard InChI is InChI=1S/C16H19ClN2O2S/c1-21-13(10-18)9-15(20)19-16(14-3-2-8-22-14)11-4-6-12(17)7-5-11/h2-8,13,16H,9-10,18H2,1H3,(H,19,20). The monoisotopic (exact) mass is 338 g/mol. The zero-order valence-corrected chi connectivity index (χ0v) is 13.9. The van der Waals surface area contributed by atoms with Gasteiger partial charge in [-0.15, -0.1) is 11.3 Å². The molecular formula is C16H19ClN2O2S. The first-order chi connectivity index (χ1) is 10.6. The van der Waals surface area contributed by atoms with Crippen molar-refractivity contribution in [2.24, 2.45) is 5.73 Å². The van der Waals surface area contributed by atoms with E-state index in [2.05, 4.69) is 5.32 Å². The molecule has 4 nitrogen and oxygen atoms in total. The topological polar surface area (TPSA) is 64.3 Å². The summed E-state index contributed by atoms with van der Waals surface area (Å²) in [5.41, 5.74) is 6.56. The van der Waals surface area contributed by atoms with Gasteiger partial charge in [-0.3, -0.25) is 4.79 Å². The van der Waals surface area contributed by atoms with Crippen LogP contribution in [0.3, 0.4) is 0 Å². The molecule has 0 aliphatic heterocycles. The third kappa shape index (κ3) is 4.55. The number of amides is 1. The Morgan fingerprint density at radius 1 is 1.36 bits per heavy atom. The van der Waals surface area contributed by atoms with E-state index in [9.17, 15) is 4.79 Å². The summed E-state index contributed by atoms with van der Waals surface area (Å²) in [6.45, 7) is 0.314. The summed E-state index contributed by atoms with van der Waals surface area (Å²) in [5, 5.41) is 5.70. The molecular weight excluding hydrogens is 320 g/mol. The number of methoxy groups -OCH3 is 1. The summed E-state index contributed by atoms with van der Waals surface area (Å²) >= 11 is 7.54. The second kappa shape index (κ2) is 8.29. The minimum Gasteiger partial charge on any atom is -0.380 e. The number of carbonyl (C=O) groups excluding carboxylic acids is 1. The van der Waals surface area contributed by atoms with Gasteiger partial charge in [-0.1, -0.05) is 29.8 Å². The molecule has 2 rings (SSSR count). The van der Waals surface area contributed by atoms with Gasteiger partial charge in [0.05, 0.1) is 18.6 Å². The Balaban J connectivity index is 2.15. The van der Waals surface area contributed by atoms with E-state index in [0.29, 0.717) is 11.6 Å². The Morgan fingerprint density at radius 2 is 2.09 bits per heavy atom. The van der Waals surface area contributed by atoms with Gasteiger partial charge in [0.25, 0.3) is 0 Å². The fraction of sp³-hybridized carbons (Fsp3) is 0.312. The SMILES string of the molecule is COC(CN)CC(=O)NC(c1ccc(Cl)cc1)c1cccs1. The molecule has 0 fully saturated rings. The number of hydrogen-bond acceptors (Lipinski definition) is 4. The molecule has 0 aliphatic rings. The minimum atomic E-state index is -0.269. The number of benzene rings is 1. The molecule has 0 radical (unpaired) electrons. The average molecular weight is 339 g/mol. The van der Waals surface area contributed by atoms with E-state index in [1.54, 1.807) is 18.4 Å². The van der Waals surface area contributed by atoms with Gasteiger partial charge >= 0.3 is 0 Å². The van der Waals surface area contributed by atoms with Crippen molar-refractivity contribution in [3.8, 4) is 0 Å². The molecule has 2 atom stereocenters. The fourth-order valence-electron chi connectivity index (χ4n) is 2.12. The van der Waals surface area contributed by atoms with Crippen LogP contribution in [0.2, 0.25) is 5.02 Å². The lowest BCUT2D eigenvalue weighted by Gasteiger charge is -2.20. The van der Waals surface area contributed by atoms with Crippen LogP contribution in [0.15, 0.2) is 41.8 Å². The van der Waals surface area contributed by atoms with Gasteiger partial charge in [0.2, 0.25) is 5.91 Å². The van der Waals surface area contributed by atoms with Gasteiger partial charge in [0.1, 0.15) is 0 Å². The van der Waals surface area contributed by atoms with E-state index in [4.69, 9.17) is 22.1 Å². The second-order valence-corrected chi connectivity index (χ2v) is 6.28. The number of halogens is 1. The van der Waals surface area contributed by atoms with Crippen molar-refractivity contribution in [3.05, 3.63) is 57.2 Å². The van der Waals surface area contributed by atoms with E-state index < -0.39 is 0 Å². The van der Waals surface area contributed by atoms with E-state index >= 15 is 0 Å². The van der Waals surface area contributed by atoms with E-state index in [1.807, 2.05) is 41.8 Å². The highest BCUT2D eigenvalue weighted by molar-refractivity contribution is 7.10. The van der Waals surface area contributed by atoms with E-state index in [-0.39, 0.29) is 24.5 Å². The molecule has 0 saturated carbocycles. The number of thiophene rings is 1. The summed E-state index contributed by atoms with van der Waals surface area (Å²) in [6, 6.07) is 11.3. The smallest absolute Gasteiger partial charge is 0.223 e. The Bertz CT molecular complexity index is 583. The highest BCUT2D eigenvalue weighted by atomic mass is 35.5. The molecule has 2 aromatic rings. The summed E-state index contributed by atoms with van der Waals surface area (Å²) in [5.74, 6) is -0.0920. The van der Waals surface area contributed by atoms with Crippen LogP contribution in [0.5, 0.6) is 0 Å². The van der Waals surface area contributed by atoms with E-state index in [0.717, 1.165) is 10.4 Å². The molecule has 2 unspecified atom stereocenters. The molecule has 1 heterocycles. The third-order valence-corrected chi connectivity index (χ3v) is 4.53. The molecule has 0 saturated heterocycles. The Morgan fingerprint density at radius 3 is 2.64 bits per heavy atom. The van der Waals surface area contributed by atoms with Crippen molar-refractivity contribution in [1.82, 2.24) is 5.32 Å². The van der Waals surface area contributed by atoms with Crippen LogP contribution in [-0.4, -0.2) is 25.7 Å². The molecule has 3 N–H and O–H groups in total. The summed E-state index contributed by atoms with van der Waals surface area (Å²) in [6.07, 6.45) is -0.0307. The van der Waals surface area contributed by atoms with Gasteiger partial charge in [-0.05, 0) is 29.1 Å². The zero-order valence-electron chi connectivity index (χ0n) is 12.3. The Hall–Kier alpha value is -1.40. The number of carbonyl (C=O) groups is 1. The van der Waals surface area contributed by atoms with Crippen molar-refractivity contribution in [3.63, 3.8) is 0 Å². The van der Waals surface area contributed by atoms with Crippen LogP contribution in [0.25, 0.3) is 0 Å². The first-order valence-corrected chi connectivity index (χ1v) is 8.21. The molecule has 0 bridgehead atoms. The number of ether oxygens (including phenoxy) is 1. The number of rotatable bonds is 7. The quantitative estimate of drug-likeness (QED) is 0.815. The lowest BCUT2D eigenvalue weighted by atomic mass is 10.0. The predicted molar refractivity (Wildman–Crippen MR) is 90.2 cm³/mol. The van der Waals surface area contributed by atoms with Crippen molar-refractivity contribution >= 4 is 28.8 Å². The van der Waals surface area contributed by atoms with Crippen LogP contribution < -0.4 is 11.1 Å². The minimum absolute atomic E-state index is 0.0920. The van der Waals surface area contributed by atoms with Crippen LogP contribution in [0, 0.1) is 0 Å². The molecule has 6 heteroatoms. The molecule has 118 valence electrons. The normalized spacial score (nSPS) is 13.6. The van der Waals surface area contributed by atoms with Crippen molar-refractivity contribution < 1.29 is 9.53 Å². The van der Waals surface area contributed by atoms with Crippen LogP contribution >= 0.6 is 22.9 Å². The molecule has 0 aliphatic carbocycles. The fourth-order valence-corrected chi connectivity index (χ4v) is 3.05. The first kappa shape index (κ1) is 17.0. The molecule has 1 aromatic heterocycles. The van der Waals surface area contributed by atoms with E-state index in [1.165, 1.54) is 0 Å². The lowest BCUT2D eigenvalue weighted by Crippen LogP contribution is -2.34. The molecule has 22 heavy (non-hydrogen) atoms. The Kier molecular flexibility index (Phi) is 6.39. The summed E-state index contributed by atoms with van der Waals surface area (Å²) in [7, 11) is 1.56. The summed E-state index contributed by atoms with van der Waals surface area (Å²) < 4.78 is 5.16. The maximum absolute atomic E-state index is 12.2. The number of hydrogen-bond donors (Lipinski definition) is 2. The van der Waals surface area contributed by atoms with Crippen LogP contribution in [0.4, 0.5) is 0 Å². The molecule has 1 amide bonds. The number of nitrogens with two attached hydrogens (primary N) is 1. The average Bonchev–Trinajstić information content (AvgIpc) is 3.05. The summed E-state index contributed by atoms with van der Waals surface area (Å²) in [4.78, 5) is 13.3. The van der Waals surface area contributed by atoms with Gasteiger partial charge < -0.3 is 15.8 Å². The van der Waals surface area contributed by atoms with Crippen molar-refractivity contribution in [2.75, 3.05) is 13.7 Å². The highest BCUT2D eigenvalue weighted by Crippen LogP contribution is 2.27. The zero-order chi connectivity index (χ0) is 15.9. The van der Waals surface area contributed by atoms with Crippen molar-refractivity contribution in [2.45, 2.75) is 18.6 Å². The largest absolute Gasteiger partial charge is 0.380 e. The maximum atomic E-state index is 12.2. The van der Waals surface area contributed by atoms with Crippen molar-refractivity contribution in [1.29, 1.82) is 0 Å². The Labute approximate surface area is 139 Å².